The average molecular weight is 358 g/mol. The van der Waals surface area contributed by atoms with Crippen molar-refractivity contribution in [2.24, 2.45) is 0 Å². The van der Waals surface area contributed by atoms with E-state index >= 15 is 0 Å². The summed E-state index contributed by atoms with van der Waals surface area (Å²) in [5.41, 5.74) is -3.62. The Hall–Kier alpha value is -2.35. The normalized spacial score (nSPS) is 22.3. The zero-order valence-electron chi connectivity index (χ0n) is 13.6. The van der Waals surface area contributed by atoms with Crippen LogP contribution in [0.25, 0.3) is 0 Å². The molecular formula is C17H17F3O5. The molecule has 0 saturated heterocycles. The van der Waals surface area contributed by atoms with E-state index in [0.717, 1.165) is 19.2 Å². The molecule has 0 aliphatic heterocycles. The molecule has 0 N–H and O–H groups in total. The largest absolute Gasteiger partial charge is 0.458 e. The Morgan fingerprint density at radius 1 is 1.04 bits per heavy atom. The first-order valence-electron chi connectivity index (χ1n) is 7.44. The van der Waals surface area contributed by atoms with Crippen LogP contribution in [0.4, 0.5) is 13.2 Å². The first kappa shape index (κ1) is 19.0. The first-order chi connectivity index (χ1) is 11.7. The minimum Gasteiger partial charge on any atom is -0.458 e. The number of carbonyl (C=O) groups excluding carboxylic acids is 2. The van der Waals surface area contributed by atoms with Crippen molar-refractivity contribution in [1.29, 1.82) is 0 Å². The molecule has 8 heteroatoms. The van der Waals surface area contributed by atoms with Crippen LogP contribution < -0.4 is 0 Å². The molecule has 0 heterocycles. The van der Waals surface area contributed by atoms with Gasteiger partial charge in [-0.05, 0) is 12.2 Å². The van der Waals surface area contributed by atoms with E-state index in [1.807, 2.05) is 0 Å². The van der Waals surface area contributed by atoms with E-state index in [9.17, 15) is 22.8 Å². The number of esters is 2. The molecule has 0 saturated carbocycles. The van der Waals surface area contributed by atoms with E-state index < -0.39 is 35.9 Å². The highest BCUT2D eigenvalue weighted by molar-refractivity contribution is 5.83. The number of alkyl halides is 3. The number of ether oxygens (including phenoxy) is 3. The summed E-state index contributed by atoms with van der Waals surface area (Å²) in [5, 5.41) is 0. The van der Waals surface area contributed by atoms with E-state index in [4.69, 9.17) is 9.47 Å². The van der Waals surface area contributed by atoms with E-state index in [-0.39, 0.29) is 12.0 Å². The van der Waals surface area contributed by atoms with Crippen molar-refractivity contribution in [2.75, 3.05) is 7.11 Å². The van der Waals surface area contributed by atoms with Crippen molar-refractivity contribution in [3.63, 3.8) is 0 Å². The lowest BCUT2D eigenvalue weighted by Crippen LogP contribution is -2.52. The summed E-state index contributed by atoms with van der Waals surface area (Å²) in [6.45, 7) is 1.21. The van der Waals surface area contributed by atoms with Gasteiger partial charge in [-0.15, -0.1) is 0 Å². The quantitative estimate of drug-likeness (QED) is 0.598. The first-order valence-corrected chi connectivity index (χ1v) is 7.44. The zero-order valence-corrected chi connectivity index (χ0v) is 13.6. The van der Waals surface area contributed by atoms with Gasteiger partial charge < -0.3 is 14.2 Å². The summed E-state index contributed by atoms with van der Waals surface area (Å²) < 4.78 is 55.7. The molecule has 3 atom stereocenters. The summed E-state index contributed by atoms with van der Waals surface area (Å²) in [5.74, 6) is -2.11. The maximum absolute atomic E-state index is 13.7. The fourth-order valence-corrected chi connectivity index (χ4v) is 2.63. The third-order valence-corrected chi connectivity index (χ3v) is 3.75. The highest BCUT2D eigenvalue weighted by atomic mass is 19.4. The van der Waals surface area contributed by atoms with E-state index in [0.29, 0.717) is 0 Å². The lowest BCUT2D eigenvalue weighted by atomic mass is 9.92. The second kappa shape index (κ2) is 7.26. The topological polar surface area (TPSA) is 61.8 Å². The molecule has 0 bridgehead atoms. The summed E-state index contributed by atoms with van der Waals surface area (Å²) in [6.07, 6.45) is -3.72. The SMILES string of the molecule is COC(C(=O)O[C@H]1C=C[C@H](OC(C)=O)C1)(c1ccccc1)C(F)(F)F. The second-order valence-corrected chi connectivity index (χ2v) is 5.46. The molecule has 1 aliphatic carbocycles. The van der Waals surface area contributed by atoms with Crippen molar-refractivity contribution in [2.45, 2.75) is 37.3 Å². The summed E-state index contributed by atoms with van der Waals surface area (Å²) >= 11 is 0. The molecule has 0 aromatic heterocycles. The van der Waals surface area contributed by atoms with Gasteiger partial charge in [-0.25, -0.2) is 4.79 Å². The van der Waals surface area contributed by atoms with Crippen LogP contribution in [0.1, 0.15) is 18.9 Å². The molecule has 1 aromatic rings. The van der Waals surface area contributed by atoms with E-state index in [1.165, 1.54) is 37.3 Å². The number of carbonyl (C=O) groups is 2. The van der Waals surface area contributed by atoms with Crippen molar-refractivity contribution >= 4 is 11.9 Å². The third-order valence-electron chi connectivity index (χ3n) is 3.75. The summed E-state index contributed by atoms with van der Waals surface area (Å²) in [4.78, 5) is 23.3. The maximum Gasteiger partial charge on any atom is 0.432 e. The van der Waals surface area contributed by atoms with Crippen LogP contribution in [0.5, 0.6) is 0 Å². The smallest absolute Gasteiger partial charge is 0.432 e. The molecule has 0 fully saturated rings. The van der Waals surface area contributed by atoms with Gasteiger partial charge in [-0.3, -0.25) is 4.79 Å². The fourth-order valence-electron chi connectivity index (χ4n) is 2.63. The summed E-state index contributed by atoms with van der Waals surface area (Å²) in [7, 11) is 0.800. The van der Waals surface area contributed by atoms with Gasteiger partial charge >= 0.3 is 18.1 Å². The van der Waals surface area contributed by atoms with Crippen LogP contribution in [-0.2, 0) is 29.4 Å². The summed E-state index contributed by atoms with van der Waals surface area (Å²) in [6, 6.07) is 6.55. The molecule has 136 valence electrons. The Bertz CT molecular complexity index is 656. The zero-order chi connectivity index (χ0) is 18.7. The Kier molecular flexibility index (Phi) is 5.52. The number of halogens is 3. The number of hydrogen-bond donors (Lipinski definition) is 0. The second-order valence-electron chi connectivity index (χ2n) is 5.46. The fraction of sp³-hybridized carbons (Fsp3) is 0.412. The van der Waals surface area contributed by atoms with Gasteiger partial charge in [0.1, 0.15) is 12.2 Å². The van der Waals surface area contributed by atoms with Gasteiger partial charge in [0.15, 0.2) is 0 Å². The lowest BCUT2D eigenvalue weighted by molar-refractivity contribution is -0.277. The number of benzene rings is 1. The molecule has 0 spiro atoms. The number of rotatable bonds is 5. The van der Waals surface area contributed by atoms with E-state index in [1.54, 1.807) is 0 Å². The Morgan fingerprint density at radius 2 is 1.60 bits per heavy atom. The lowest BCUT2D eigenvalue weighted by Gasteiger charge is -2.33. The molecule has 5 nitrogen and oxygen atoms in total. The van der Waals surface area contributed by atoms with Gasteiger partial charge in [-0.2, -0.15) is 13.2 Å². The Balaban J connectivity index is 2.23. The van der Waals surface area contributed by atoms with Crippen LogP contribution in [-0.4, -0.2) is 37.4 Å². The predicted octanol–water partition coefficient (Wildman–Crippen LogP) is 2.89. The van der Waals surface area contributed by atoms with Crippen molar-refractivity contribution in [3.05, 3.63) is 48.0 Å². The molecule has 0 amide bonds. The van der Waals surface area contributed by atoms with E-state index in [2.05, 4.69) is 4.74 Å². The van der Waals surface area contributed by atoms with Crippen LogP contribution in [0, 0.1) is 0 Å². The minimum atomic E-state index is -5.03. The molecule has 1 aliphatic rings. The number of methoxy groups -OCH3 is 1. The average Bonchev–Trinajstić information content (AvgIpc) is 2.94. The molecule has 2 rings (SSSR count). The van der Waals surface area contributed by atoms with Crippen LogP contribution in [0.3, 0.4) is 0 Å². The maximum atomic E-state index is 13.7. The van der Waals surface area contributed by atoms with Crippen LogP contribution in [0.2, 0.25) is 0 Å². The third kappa shape index (κ3) is 3.84. The van der Waals surface area contributed by atoms with Crippen molar-refractivity contribution in [3.8, 4) is 0 Å². The molecule has 25 heavy (non-hydrogen) atoms. The predicted molar refractivity (Wildman–Crippen MR) is 80.4 cm³/mol. The molecule has 1 unspecified atom stereocenters. The Morgan fingerprint density at radius 3 is 2.08 bits per heavy atom. The van der Waals surface area contributed by atoms with Gasteiger partial charge in [0.25, 0.3) is 5.60 Å². The highest BCUT2D eigenvalue weighted by Gasteiger charge is 2.64. The van der Waals surface area contributed by atoms with Crippen molar-refractivity contribution in [1.82, 2.24) is 0 Å². The number of hydrogen-bond acceptors (Lipinski definition) is 5. The van der Waals surface area contributed by atoms with Crippen LogP contribution in [0.15, 0.2) is 42.5 Å². The van der Waals surface area contributed by atoms with Gasteiger partial charge in [0.2, 0.25) is 0 Å². The molecule has 0 radical (unpaired) electrons. The standard InChI is InChI=1S/C17H17F3O5/c1-11(21)24-13-8-9-14(10-13)25-15(22)16(23-2,17(18,19)20)12-6-4-3-5-7-12/h3-9,13-14H,10H2,1-2H3/t13-,14-,16?/m0/s1. The van der Waals surface area contributed by atoms with Crippen LogP contribution >= 0.6 is 0 Å². The van der Waals surface area contributed by atoms with Gasteiger partial charge in [0, 0.05) is 26.0 Å². The van der Waals surface area contributed by atoms with Gasteiger partial charge in [0.05, 0.1) is 0 Å². The minimum absolute atomic E-state index is 0.0533. The Labute approximate surface area is 142 Å². The molecular weight excluding hydrogens is 341 g/mol. The monoisotopic (exact) mass is 358 g/mol. The van der Waals surface area contributed by atoms with Gasteiger partial charge in [-0.1, -0.05) is 30.3 Å². The highest BCUT2D eigenvalue weighted by Crippen LogP contribution is 2.43. The molecule has 1 aromatic carbocycles. The van der Waals surface area contributed by atoms with Crippen molar-refractivity contribution < 1.29 is 37.0 Å².